The van der Waals surface area contributed by atoms with Gasteiger partial charge in [-0.3, -0.25) is 0 Å². The van der Waals surface area contributed by atoms with E-state index in [1.54, 1.807) is 30.3 Å². The Morgan fingerprint density at radius 2 is 1.78 bits per heavy atom. The van der Waals surface area contributed by atoms with Gasteiger partial charge in [0.05, 0.1) is 6.61 Å². The average Bonchev–Trinajstić information content (AvgIpc) is 2.55. The van der Waals surface area contributed by atoms with Crippen molar-refractivity contribution in [3.63, 3.8) is 0 Å². The first kappa shape index (κ1) is 17.4. The lowest BCUT2D eigenvalue weighted by Crippen LogP contribution is -2.59. The van der Waals surface area contributed by atoms with Crippen molar-refractivity contribution in [1.82, 2.24) is 0 Å². The molecule has 1 saturated heterocycles. The third-order valence-corrected chi connectivity index (χ3v) is 3.40. The van der Waals surface area contributed by atoms with E-state index in [0.717, 1.165) is 0 Å². The van der Waals surface area contributed by atoms with Crippen LogP contribution in [0.1, 0.15) is 5.56 Å². The molecule has 0 amide bonds. The molecule has 23 heavy (non-hydrogen) atoms. The molecule has 1 fully saturated rings. The Kier molecular flexibility index (Phi) is 5.69. The monoisotopic (exact) mass is 326 g/mol. The van der Waals surface area contributed by atoms with Gasteiger partial charge in [0, 0.05) is 0 Å². The Balaban J connectivity index is 2.19. The van der Waals surface area contributed by atoms with E-state index in [2.05, 4.69) is 0 Å². The van der Waals surface area contributed by atoms with Gasteiger partial charge in [0.2, 0.25) is 12.0 Å². The largest absolute Gasteiger partial charge is 0.475 e. The van der Waals surface area contributed by atoms with Gasteiger partial charge in [0.15, 0.2) is 0 Å². The molecule has 1 aliphatic heterocycles. The molecule has 2 rings (SSSR count). The van der Waals surface area contributed by atoms with Crippen LogP contribution in [0.2, 0.25) is 0 Å². The fourth-order valence-electron chi connectivity index (χ4n) is 2.14. The highest BCUT2D eigenvalue weighted by atomic mass is 16.7. The van der Waals surface area contributed by atoms with Gasteiger partial charge in [-0.25, -0.2) is 4.79 Å². The Labute approximate surface area is 131 Å². The molecule has 0 aromatic heterocycles. The van der Waals surface area contributed by atoms with Crippen LogP contribution in [0.3, 0.4) is 0 Å². The normalized spacial score (nSPS) is 31.7. The van der Waals surface area contributed by atoms with Crippen molar-refractivity contribution in [3.8, 4) is 0 Å². The summed E-state index contributed by atoms with van der Waals surface area (Å²) in [5, 5.41) is 47.5. The third kappa shape index (κ3) is 4.06. The first-order valence-electron chi connectivity index (χ1n) is 6.91. The van der Waals surface area contributed by atoms with Gasteiger partial charge in [-0.15, -0.1) is 0 Å². The standard InChI is InChI=1S/C15H18O8/c16-7-10-11(17)12(18)13(19)15(23-10)22-9(14(20)21)6-8-4-2-1-3-5-8/h1-6,10-13,15-19H,7H2,(H,20,21)/t10-,11-,12+,13-,15-/m1/s1. The summed E-state index contributed by atoms with van der Waals surface area (Å²) in [6.07, 6.45) is -6.35. The molecule has 0 aliphatic carbocycles. The van der Waals surface area contributed by atoms with Crippen LogP contribution in [-0.2, 0) is 14.3 Å². The van der Waals surface area contributed by atoms with Crippen LogP contribution in [0, 0.1) is 0 Å². The maximum atomic E-state index is 11.3. The lowest BCUT2D eigenvalue weighted by atomic mass is 9.99. The molecule has 5 atom stereocenters. The molecule has 5 N–H and O–H groups in total. The van der Waals surface area contributed by atoms with Crippen LogP contribution in [0.4, 0.5) is 0 Å². The quantitative estimate of drug-likeness (QED) is 0.341. The molecule has 0 unspecified atom stereocenters. The van der Waals surface area contributed by atoms with Gasteiger partial charge in [0.25, 0.3) is 0 Å². The summed E-state index contributed by atoms with van der Waals surface area (Å²) >= 11 is 0. The van der Waals surface area contributed by atoms with Crippen LogP contribution < -0.4 is 0 Å². The molecule has 1 aliphatic rings. The highest BCUT2D eigenvalue weighted by molar-refractivity contribution is 5.89. The predicted octanol–water partition coefficient (Wildman–Crippen LogP) is -1.07. The number of aliphatic hydroxyl groups excluding tert-OH is 4. The fourth-order valence-corrected chi connectivity index (χ4v) is 2.14. The lowest BCUT2D eigenvalue weighted by molar-refractivity contribution is -0.291. The van der Waals surface area contributed by atoms with E-state index in [-0.39, 0.29) is 0 Å². The molecule has 0 saturated carbocycles. The number of hydrogen-bond donors (Lipinski definition) is 5. The molecule has 1 heterocycles. The highest BCUT2D eigenvalue weighted by Crippen LogP contribution is 2.24. The number of benzene rings is 1. The number of carbonyl (C=O) groups is 1. The zero-order chi connectivity index (χ0) is 17.0. The minimum atomic E-state index is -1.67. The van der Waals surface area contributed by atoms with E-state index in [1.165, 1.54) is 6.08 Å². The van der Waals surface area contributed by atoms with Gasteiger partial charge in [0.1, 0.15) is 24.4 Å². The topological polar surface area (TPSA) is 137 Å². The number of rotatable bonds is 5. The Morgan fingerprint density at radius 3 is 2.35 bits per heavy atom. The Morgan fingerprint density at radius 1 is 1.13 bits per heavy atom. The van der Waals surface area contributed by atoms with E-state index in [9.17, 15) is 25.2 Å². The molecule has 0 bridgehead atoms. The molecule has 0 spiro atoms. The number of ether oxygens (including phenoxy) is 2. The minimum Gasteiger partial charge on any atom is -0.475 e. The van der Waals surface area contributed by atoms with Gasteiger partial charge >= 0.3 is 5.97 Å². The van der Waals surface area contributed by atoms with Gasteiger partial charge in [-0.05, 0) is 11.6 Å². The number of aliphatic carboxylic acids is 1. The lowest BCUT2D eigenvalue weighted by Gasteiger charge is -2.39. The second-order valence-electron chi connectivity index (χ2n) is 5.04. The van der Waals surface area contributed by atoms with Crippen LogP contribution in [0.15, 0.2) is 36.1 Å². The first-order chi connectivity index (χ1) is 10.9. The summed E-state index contributed by atoms with van der Waals surface area (Å²) in [6.45, 7) is -0.629. The van der Waals surface area contributed by atoms with Gasteiger partial charge < -0.3 is 35.0 Å². The average molecular weight is 326 g/mol. The SMILES string of the molecule is O=C(O)C(=Cc1ccccc1)O[C@@H]1O[C@H](CO)[C@@H](O)[C@H](O)[C@H]1O. The smallest absolute Gasteiger partial charge is 0.371 e. The Bertz CT molecular complexity index is 556. The van der Waals surface area contributed by atoms with Crippen molar-refractivity contribution in [1.29, 1.82) is 0 Å². The van der Waals surface area contributed by atoms with E-state index in [0.29, 0.717) is 5.56 Å². The summed E-state index contributed by atoms with van der Waals surface area (Å²) in [6, 6.07) is 8.48. The zero-order valence-electron chi connectivity index (χ0n) is 12.0. The molecule has 1 aromatic carbocycles. The molecule has 8 heteroatoms. The molecule has 126 valence electrons. The third-order valence-electron chi connectivity index (χ3n) is 3.40. The van der Waals surface area contributed by atoms with E-state index in [1.807, 2.05) is 0 Å². The molecule has 1 aromatic rings. The van der Waals surface area contributed by atoms with Gasteiger partial charge in [-0.2, -0.15) is 0 Å². The van der Waals surface area contributed by atoms with E-state index < -0.39 is 49.0 Å². The zero-order valence-corrected chi connectivity index (χ0v) is 12.0. The predicted molar refractivity (Wildman–Crippen MR) is 76.9 cm³/mol. The van der Waals surface area contributed by atoms with Crippen molar-refractivity contribution < 1.29 is 39.8 Å². The molecular weight excluding hydrogens is 308 g/mol. The molecule has 8 nitrogen and oxygen atoms in total. The summed E-state index contributed by atoms with van der Waals surface area (Å²) in [5.74, 6) is -1.91. The summed E-state index contributed by atoms with van der Waals surface area (Å²) in [4.78, 5) is 11.3. The summed E-state index contributed by atoms with van der Waals surface area (Å²) in [5.41, 5.74) is 0.550. The second kappa shape index (κ2) is 7.53. The van der Waals surface area contributed by atoms with Crippen molar-refractivity contribution in [2.75, 3.05) is 6.61 Å². The van der Waals surface area contributed by atoms with Crippen LogP contribution in [0.5, 0.6) is 0 Å². The Hall–Kier alpha value is -1.97. The highest BCUT2D eigenvalue weighted by Gasteiger charge is 2.45. The van der Waals surface area contributed by atoms with Crippen LogP contribution in [0.25, 0.3) is 6.08 Å². The fraction of sp³-hybridized carbons (Fsp3) is 0.400. The van der Waals surface area contributed by atoms with Crippen molar-refractivity contribution in [2.24, 2.45) is 0 Å². The van der Waals surface area contributed by atoms with Crippen molar-refractivity contribution in [2.45, 2.75) is 30.7 Å². The number of aliphatic hydroxyl groups is 4. The minimum absolute atomic E-state index is 0.513. The van der Waals surface area contributed by atoms with Gasteiger partial charge in [-0.1, -0.05) is 30.3 Å². The van der Waals surface area contributed by atoms with Crippen LogP contribution in [-0.4, -0.2) is 68.8 Å². The molecule has 0 radical (unpaired) electrons. The first-order valence-corrected chi connectivity index (χ1v) is 6.91. The number of carboxylic acid groups (broad SMARTS) is 1. The van der Waals surface area contributed by atoms with E-state index >= 15 is 0 Å². The number of carboxylic acids is 1. The van der Waals surface area contributed by atoms with E-state index in [4.69, 9.17) is 14.6 Å². The number of hydrogen-bond acceptors (Lipinski definition) is 7. The maximum Gasteiger partial charge on any atom is 0.371 e. The summed E-state index contributed by atoms with van der Waals surface area (Å²) < 4.78 is 10.2. The van der Waals surface area contributed by atoms with Crippen LogP contribution >= 0.6 is 0 Å². The maximum absolute atomic E-state index is 11.3. The molecular formula is C15H18O8. The summed E-state index contributed by atoms with van der Waals surface area (Å²) in [7, 11) is 0. The van der Waals surface area contributed by atoms with Crippen molar-refractivity contribution >= 4 is 12.0 Å². The van der Waals surface area contributed by atoms with Crippen molar-refractivity contribution in [3.05, 3.63) is 41.7 Å². The second-order valence-corrected chi connectivity index (χ2v) is 5.04.